The second-order valence-corrected chi connectivity index (χ2v) is 2.47. The molecule has 0 aromatic heterocycles. The van der Waals surface area contributed by atoms with E-state index < -0.39 is 0 Å². The normalized spacial score (nSPS) is 37.3. The van der Waals surface area contributed by atoms with E-state index in [9.17, 15) is 4.39 Å². The first-order chi connectivity index (χ1) is 4.77. The van der Waals surface area contributed by atoms with Gasteiger partial charge in [-0.25, -0.2) is 4.39 Å². The Morgan fingerprint density at radius 3 is 2.90 bits per heavy atom. The fraction of sp³-hybridized carbons (Fsp3) is 0.714. The molecule has 2 nitrogen and oxygen atoms in total. The fourth-order valence-corrected chi connectivity index (χ4v) is 1.09. The molecule has 0 aromatic carbocycles. The second-order valence-electron chi connectivity index (χ2n) is 2.47. The van der Waals surface area contributed by atoms with E-state index in [0.717, 1.165) is 0 Å². The van der Waals surface area contributed by atoms with E-state index in [1.807, 2.05) is 0 Å². The lowest BCUT2D eigenvalue weighted by Gasteiger charge is -2.04. The Kier molecular flexibility index (Phi) is 2.40. The summed E-state index contributed by atoms with van der Waals surface area (Å²) in [4.78, 5) is 0. The first-order valence-electron chi connectivity index (χ1n) is 3.33. The molecule has 1 aliphatic heterocycles. The Balaban J connectivity index is 2.52. The molecule has 1 aliphatic rings. The van der Waals surface area contributed by atoms with Crippen LogP contribution in [0.25, 0.3) is 0 Å². The lowest BCUT2D eigenvalue weighted by atomic mass is 10.1. The van der Waals surface area contributed by atoms with E-state index >= 15 is 0 Å². The minimum atomic E-state index is -0.197. The van der Waals surface area contributed by atoms with E-state index in [0.29, 0.717) is 18.3 Å². The molecule has 0 aliphatic carbocycles. The van der Waals surface area contributed by atoms with Gasteiger partial charge in [-0.3, -0.25) is 0 Å². The molecular weight excluding hydrogens is 135 g/mol. The van der Waals surface area contributed by atoms with Crippen LogP contribution in [0.5, 0.6) is 0 Å². The molecule has 0 bridgehead atoms. The average Bonchev–Trinajstić information content (AvgIpc) is 2.30. The van der Waals surface area contributed by atoms with Gasteiger partial charge < -0.3 is 9.84 Å². The maximum absolute atomic E-state index is 11.9. The van der Waals surface area contributed by atoms with Gasteiger partial charge in [0.25, 0.3) is 0 Å². The van der Waals surface area contributed by atoms with Crippen molar-refractivity contribution in [3.63, 3.8) is 0 Å². The van der Waals surface area contributed by atoms with Gasteiger partial charge in [0.15, 0.2) is 0 Å². The maximum atomic E-state index is 11.9. The Morgan fingerprint density at radius 2 is 2.60 bits per heavy atom. The maximum Gasteiger partial charge on any atom is 0.0885 e. The van der Waals surface area contributed by atoms with Crippen molar-refractivity contribution in [1.82, 2.24) is 0 Å². The van der Waals surface area contributed by atoms with Gasteiger partial charge in [-0.1, -0.05) is 0 Å². The number of hydrogen-bond donors (Lipinski definition) is 1. The molecule has 0 spiro atoms. The second kappa shape index (κ2) is 3.12. The SMILES string of the molecule is C[C@@H]1O[C@H](CO)C/C1=C/F. The van der Waals surface area contributed by atoms with Crippen molar-refractivity contribution in [1.29, 1.82) is 0 Å². The van der Waals surface area contributed by atoms with Crippen LogP contribution in [0.2, 0.25) is 0 Å². The highest BCUT2D eigenvalue weighted by Gasteiger charge is 2.25. The summed E-state index contributed by atoms with van der Waals surface area (Å²) in [6, 6.07) is 0. The monoisotopic (exact) mass is 146 g/mol. The number of aliphatic hydroxyl groups excluding tert-OH is 1. The van der Waals surface area contributed by atoms with Crippen molar-refractivity contribution in [2.45, 2.75) is 25.6 Å². The first-order valence-corrected chi connectivity index (χ1v) is 3.33. The molecule has 0 aromatic rings. The number of aliphatic hydroxyl groups is 1. The van der Waals surface area contributed by atoms with Crippen molar-refractivity contribution < 1.29 is 14.2 Å². The Labute approximate surface area is 59.3 Å². The molecule has 1 fully saturated rings. The number of hydrogen-bond acceptors (Lipinski definition) is 2. The summed E-state index contributed by atoms with van der Waals surface area (Å²) in [7, 11) is 0. The summed E-state index contributed by atoms with van der Waals surface area (Å²) >= 11 is 0. The topological polar surface area (TPSA) is 29.5 Å². The molecule has 10 heavy (non-hydrogen) atoms. The van der Waals surface area contributed by atoms with Gasteiger partial charge in [0.1, 0.15) is 0 Å². The van der Waals surface area contributed by atoms with Gasteiger partial charge >= 0.3 is 0 Å². The van der Waals surface area contributed by atoms with Gasteiger partial charge in [-0.2, -0.15) is 0 Å². The third kappa shape index (κ3) is 1.36. The van der Waals surface area contributed by atoms with Crippen LogP contribution in [0.3, 0.4) is 0 Å². The van der Waals surface area contributed by atoms with E-state index in [2.05, 4.69) is 0 Å². The van der Waals surface area contributed by atoms with E-state index in [4.69, 9.17) is 9.84 Å². The molecule has 1 saturated heterocycles. The fourth-order valence-electron chi connectivity index (χ4n) is 1.09. The van der Waals surface area contributed by atoms with Crippen LogP contribution in [0, 0.1) is 0 Å². The standard InChI is InChI=1S/C7H11FO2/c1-5-6(3-8)2-7(4-9)10-5/h3,5,7,9H,2,4H2,1H3/b6-3-/t5-,7-/m0/s1. The number of halogens is 1. The van der Waals surface area contributed by atoms with Crippen LogP contribution in [0.4, 0.5) is 4.39 Å². The van der Waals surface area contributed by atoms with Crippen LogP contribution in [-0.4, -0.2) is 23.9 Å². The smallest absolute Gasteiger partial charge is 0.0885 e. The third-order valence-electron chi connectivity index (χ3n) is 1.73. The summed E-state index contributed by atoms with van der Waals surface area (Å²) < 4.78 is 17.1. The Morgan fingerprint density at radius 1 is 1.90 bits per heavy atom. The highest BCUT2D eigenvalue weighted by molar-refractivity contribution is 5.09. The van der Waals surface area contributed by atoms with Crippen molar-refractivity contribution >= 4 is 0 Å². The molecule has 1 rings (SSSR count). The van der Waals surface area contributed by atoms with Crippen molar-refractivity contribution in [3.05, 3.63) is 11.9 Å². The van der Waals surface area contributed by atoms with Crippen LogP contribution >= 0.6 is 0 Å². The predicted octanol–water partition coefficient (Wildman–Crippen LogP) is 1.01. The van der Waals surface area contributed by atoms with Crippen molar-refractivity contribution in [2.75, 3.05) is 6.61 Å². The van der Waals surface area contributed by atoms with Gasteiger partial charge in [0.2, 0.25) is 0 Å². The van der Waals surface area contributed by atoms with E-state index in [1.165, 1.54) is 0 Å². The Hall–Kier alpha value is -0.410. The summed E-state index contributed by atoms with van der Waals surface area (Å²) in [6.45, 7) is 1.75. The van der Waals surface area contributed by atoms with Crippen LogP contribution in [0.1, 0.15) is 13.3 Å². The molecule has 0 radical (unpaired) electrons. The van der Waals surface area contributed by atoms with E-state index in [-0.39, 0.29) is 18.8 Å². The van der Waals surface area contributed by atoms with Gasteiger partial charge in [-0.05, 0) is 12.5 Å². The summed E-state index contributed by atoms with van der Waals surface area (Å²) in [5.74, 6) is 0. The van der Waals surface area contributed by atoms with Gasteiger partial charge in [-0.15, -0.1) is 0 Å². The largest absolute Gasteiger partial charge is 0.394 e. The minimum absolute atomic E-state index is 0.0261. The highest BCUT2D eigenvalue weighted by atomic mass is 19.1. The number of ether oxygens (including phenoxy) is 1. The van der Waals surface area contributed by atoms with Crippen molar-refractivity contribution in [3.8, 4) is 0 Å². The first kappa shape index (κ1) is 7.69. The summed E-state index contributed by atoms with van der Waals surface area (Å²) in [5, 5.41) is 8.62. The summed E-state index contributed by atoms with van der Waals surface area (Å²) in [6.07, 6.45) is 0.730. The Bertz CT molecular complexity index is 145. The lowest BCUT2D eigenvalue weighted by molar-refractivity contribution is 0.0236. The number of rotatable bonds is 1. The van der Waals surface area contributed by atoms with E-state index in [1.54, 1.807) is 6.92 Å². The zero-order chi connectivity index (χ0) is 7.56. The van der Waals surface area contributed by atoms with Crippen molar-refractivity contribution in [2.24, 2.45) is 0 Å². The molecule has 1 N–H and O–H groups in total. The lowest BCUT2D eigenvalue weighted by Crippen LogP contribution is -2.12. The van der Waals surface area contributed by atoms with Crippen LogP contribution in [-0.2, 0) is 4.74 Å². The average molecular weight is 146 g/mol. The summed E-state index contributed by atoms with van der Waals surface area (Å²) in [5.41, 5.74) is 0.638. The highest BCUT2D eigenvalue weighted by Crippen LogP contribution is 2.24. The molecule has 0 unspecified atom stereocenters. The molecule has 2 atom stereocenters. The third-order valence-corrected chi connectivity index (χ3v) is 1.73. The zero-order valence-corrected chi connectivity index (χ0v) is 5.88. The predicted molar refractivity (Wildman–Crippen MR) is 35.2 cm³/mol. The molecule has 3 heteroatoms. The molecule has 0 saturated carbocycles. The molecule has 1 heterocycles. The molecule has 0 amide bonds. The zero-order valence-electron chi connectivity index (χ0n) is 5.88. The molecule has 58 valence electrons. The van der Waals surface area contributed by atoms with Gasteiger partial charge in [0, 0.05) is 6.42 Å². The quantitative estimate of drug-likeness (QED) is 0.598. The molecular formula is C7H11FO2. The minimum Gasteiger partial charge on any atom is -0.394 e. The van der Waals surface area contributed by atoms with Crippen LogP contribution in [0.15, 0.2) is 11.9 Å². The van der Waals surface area contributed by atoms with Crippen LogP contribution < -0.4 is 0 Å². The van der Waals surface area contributed by atoms with Gasteiger partial charge in [0.05, 0.1) is 25.1 Å².